The standard InChI is InChI=1S/C13H15F3N2O2S/c1-9-4-6-21-7-5-17(9)11-3-2-10(13(14,15)16)8-12(11)18(19)20/h2-3,8-9H,4-7H2,1H3. The molecule has 0 saturated carbocycles. The third-order valence-electron chi connectivity index (χ3n) is 3.50. The van der Waals surface area contributed by atoms with Crippen LogP contribution >= 0.6 is 11.8 Å². The molecule has 116 valence electrons. The summed E-state index contributed by atoms with van der Waals surface area (Å²) in [4.78, 5) is 12.2. The van der Waals surface area contributed by atoms with Crippen LogP contribution in [0.2, 0.25) is 0 Å². The quantitative estimate of drug-likeness (QED) is 0.611. The predicted molar refractivity (Wildman–Crippen MR) is 76.8 cm³/mol. The van der Waals surface area contributed by atoms with Crippen LogP contribution in [0, 0.1) is 10.1 Å². The van der Waals surface area contributed by atoms with E-state index >= 15 is 0 Å². The van der Waals surface area contributed by atoms with Gasteiger partial charge in [-0.15, -0.1) is 0 Å². The minimum Gasteiger partial charge on any atom is -0.362 e. The van der Waals surface area contributed by atoms with Gasteiger partial charge in [0, 0.05) is 24.4 Å². The molecular formula is C13H15F3N2O2S. The smallest absolute Gasteiger partial charge is 0.362 e. The van der Waals surface area contributed by atoms with Crippen molar-refractivity contribution in [3.05, 3.63) is 33.9 Å². The fourth-order valence-electron chi connectivity index (χ4n) is 2.34. The van der Waals surface area contributed by atoms with Crippen LogP contribution in [0.1, 0.15) is 18.9 Å². The molecule has 1 fully saturated rings. The number of nitro benzene ring substituents is 1. The molecule has 0 radical (unpaired) electrons. The molecule has 21 heavy (non-hydrogen) atoms. The van der Waals surface area contributed by atoms with E-state index in [4.69, 9.17) is 0 Å². The van der Waals surface area contributed by atoms with Gasteiger partial charge in [-0.05, 0) is 31.2 Å². The third-order valence-corrected chi connectivity index (χ3v) is 4.49. The highest BCUT2D eigenvalue weighted by atomic mass is 32.2. The number of benzene rings is 1. The number of nitro groups is 1. The number of hydrogen-bond acceptors (Lipinski definition) is 4. The van der Waals surface area contributed by atoms with Crippen LogP contribution in [0.5, 0.6) is 0 Å². The van der Waals surface area contributed by atoms with Crippen molar-refractivity contribution in [3.63, 3.8) is 0 Å². The van der Waals surface area contributed by atoms with E-state index in [0.29, 0.717) is 12.6 Å². The van der Waals surface area contributed by atoms with Crippen molar-refractivity contribution in [1.29, 1.82) is 0 Å². The molecule has 1 aliphatic rings. The number of alkyl halides is 3. The fourth-order valence-corrected chi connectivity index (χ4v) is 3.38. The van der Waals surface area contributed by atoms with Crippen molar-refractivity contribution in [1.82, 2.24) is 0 Å². The first-order valence-corrected chi connectivity index (χ1v) is 7.66. The second-order valence-electron chi connectivity index (χ2n) is 4.90. The van der Waals surface area contributed by atoms with Crippen molar-refractivity contribution in [2.75, 3.05) is 23.0 Å². The largest absolute Gasteiger partial charge is 0.416 e. The molecule has 0 aromatic heterocycles. The maximum atomic E-state index is 12.7. The minimum absolute atomic E-state index is 0.0652. The zero-order chi connectivity index (χ0) is 15.6. The fraction of sp³-hybridized carbons (Fsp3) is 0.538. The molecule has 1 atom stereocenters. The SMILES string of the molecule is CC1CCSCCN1c1ccc(C(F)(F)F)cc1[N+](=O)[O-]. The van der Waals surface area contributed by atoms with E-state index in [1.54, 1.807) is 11.8 Å². The number of hydrogen-bond donors (Lipinski definition) is 0. The maximum Gasteiger partial charge on any atom is 0.416 e. The lowest BCUT2D eigenvalue weighted by Gasteiger charge is -2.29. The Hall–Kier alpha value is -1.44. The van der Waals surface area contributed by atoms with E-state index < -0.39 is 22.4 Å². The van der Waals surface area contributed by atoms with Crippen LogP contribution in [0.15, 0.2) is 18.2 Å². The molecule has 0 N–H and O–H groups in total. The highest BCUT2D eigenvalue weighted by Crippen LogP contribution is 2.37. The van der Waals surface area contributed by atoms with Crippen LogP contribution in [0.25, 0.3) is 0 Å². The van der Waals surface area contributed by atoms with Gasteiger partial charge in [-0.3, -0.25) is 10.1 Å². The van der Waals surface area contributed by atoms with E-state index in [2.05, 4.69) is 0 Å². The Bertz CT molecular complexity index is 537. The molecule has 1 unspecified atom stereocenters. The summed E-state index contributed by atoms with van der Waals surface area (Å²) >= 11 is 1.75. The lowest BCUT2D eigenvalue weighted by atomic mass is 10.1. The van der Waals surface area contributed by atoms with Crippen LogP contribution in [0.3, 0.4) is 0 Å². The first-order chi connectivity index (χ1) is 9.80. The second kappa shape index (κ2) is 6.13. The molecule has 0 bridgehead atoms. The van der Waals surface area contributed by atoms with Gasteiger partial charge in [0.05, 0.1) is 10.5 Å². The van der Waals surface area contributed by atoms with E-state index in [1.807, 2.05) is 11.8 Å². The van der Waals surface area contributed by atoms with Crippen molar-refractivity contribution in [2.45, 2.75) is 25.6 Å². The molecule has 1 heterocycles. The van der Waals surface area contributed by atoms with Crippen molar-refractivity contribution < 1.29 is 18.1 Å². The lowest BCUT2D eigenvalue weighted by Crippen LogP contribution is -2.34. The first kappa shape index (κ1) is 15.9. The highest BCUT2D eigenvalue weighted by molar-refractivity contribution is 7.99. The number of rotatable bonds is 2. The summed E-state index contributed by atoms with van der Waals surface area (Å²) in [7, 11) is 0. The van der Waals surface area contributed by atoms with Gasteiger partial charge in [0.1, 0.15) is 5.69 Å². The zero-order valence-corrected chi connectivity index (χ0v) is 12.2. The summed E-state index contributed by atoms with van der Waals surface area (Å²) in [6.45, 7) is 2.53. The van der Waals surface area contributed by atoms with Crippen molar-refractivity contribution in [3.8, 4) is 0 Å². The molecule has 0 spiro atoms. The molecular weight excluding hydrogens is 305 g/mol. The molecule has 0 aliphatic carbocycles. The van der Waals surface area contributed by atoms with E-state index in [1.165, 1.54) is 6.07 Å². The molecule has 0 amide bonds. The van der Waals surface area contributed by atoms with Crippen LogP contribution < -0.4 is 4.90 Å². The number of nitrogens with zero attached hydrogens (tertiary/aromatic N) is 2. The van der Waals surface area contributed by atoms with Gasteiger partial charge in [0.25, 0.3) is 5.69 Å². The Kier molecular flexibility index (Phi) is 4.65. The monoisotopic (exact) mass is 320 g/mol. The van der Waals surface area contributed by atoms with Gasteiger partial charge >= 0.3 is 6.18 Å². The first-order valence-electron chi connectivity index (χ1n) is 6.50. The average Bonchev–Trinajstić information content (AvgIpc) is 2.61. The van der Waals surface area contributed by atoms with Gasteiger partial charge < -0.3 is 4.90 Å². The van der Waals surface area contributed by atoms with Gasteiger partial charge in [-0.2, -0.15) is 24.9 Å². The predicted octanol–water partition coefficient (Wildman–Crippen LogP) is 3.95. The van der Waals surface area contributed by atoms with Gasteiger partial charge in [-0.1, -0.05) is 0 Å². The average molecular weight is 320 g/mol. The van der Waals surface area contributed by atoms with Crippen molar-refractivity contribution >= 4 is 23.1 Å². The summed E-state index contributed by atoms with van der Waals surface area (Å²) in [6, 6.07) is 2.82. The Labute approximate surface area is 124 Å². The van der Waals surface area contributed by atoms with Crippen molar-refractivity contribution in [2.24, 2.45) is 0 Å². The Morgan fingerprint density at radius 2 is 2.10 bits per heavy atom. The minimum atomic E-state index is -4.58. The number of thioether (sulfide) groups is 1. The zero-order valence-electron chi connectivity index (χ0n) is 11.4. The summed E-state index contributed by atoms with van der Waals surface area (Å²) in [5.41, 5.74) is -1.21. The summed E-state index contributed by atoms with van der Waals surface area (Å²) in [6.07, 6.45) is -3.73. The molecule has 8 heteroatoms. The number of anilines is 1. The molecule has 1 saturated heterocycles. The van der Waals surface area contributed by atoms with E-state index in [0.717, 1.165) is 24.0 Å². The topological polar surface area (TPSA) is 46.4 Å². The summed E-state index contributed by atoms with van der Waals surface area (Å²) in [5.74, 6) is 1.76. The van der Waals surface area contributed by atoms with Crippen LogP contribution in [0.4, 0.5) is 24.5 Å². The Morgan fingerprint density at radius 3 is 2.71 bits per heavy atom. The van der Waals surface area contributed by atoms with E-state index in [-0.39, 0.29) is 11.7 Å². The molecule has 4 nitrogen and oxygen atoms in total. The maximum absolute atomic E-state index is 12.7. The van der Waals surface area contributed by atoms with Gasteiger partial charge in [0.2, 0.25) is 0 Å². The normalized spacial score (nSPS) is 20.2. The van der Waals surface area contributed by atoms with E-state index in [9.17, 15) is 23.3 Å². The van der Waals surface area contributed by atoms with Gasteiger partial charge in [0.15, 0.2) is 0 Å². The summed E-state index contributed by atoms with van der Waals surface area (Å²) in [5, 5.41) is 11.1. The van der Waals surface area contributed by atoms with Gasteiger partial charge in [-0.25, -0.2) is 0 Å². The molecule has 1 aliphatic heterocycles. The Morgan fingerprint density at radius 1 is 1.38 bits per heavy atom. The highest BCUT2D eigenvalue weighted by Gasteiger charge is 2.34. The summed E-state index contributed by atoms with van der Waals surface area (Å²) < 4.78 is 38.1. The molecule has 2 rings (SSSR count). The number of halogens is 3. The lowest BCUT2D eigenvalue weighted by molar-refractivity contribution is -0.384. The third kappa shape index (κ3) is 3.61. The second-order valence-corrected chi connectivity index (χ2v) is 6.13. The molecule has 1 aromatic rings. The van der Waals surface area contributed by atoms with Crippen LogP contribution in [-0.2, 0) is 6.18 Å². The Balaban J connectivity index is 2.45. The molecule has 1 aromatic carbocycles. The van der Waals surface area contributed by atoms with Crippen LogP contribution in [-0.4, -0.2) is 29.0 Å².